The molecule has 1 aromatic rings. The lowest BCUT2D eigenvalue weighted by Crippen LogP contribution is -2.41. The molecule has 0 bridgehead atoms. The van der Waals surface area contributed by atoms with Crippen molar-refractivity contribution in [3.8, 4) is 11.5 Å². The lowest BCUT2D eigenvalue weighted by Gasteiger charge is -2.21. The van der Waals surface area contributed by atoms with E-state index in [2.05, 4.69) is 5.32 Å². The Bertz CT molecular complexity index is 444. The highest BCUT2D eigenvalue weighted by atomic mass is 16.5. The summed E-state index contributed by atoms with van der Waals surface area (Å²) < 4.78 is 10.4. The van der Waals surface area contributed by atoms with Crippen LogP contribution < -0.4 is 20.5 Å². The van der Waals surface area contributed by atoms with E-state index in [1.807, 2.05) is 32.0 Å². The Balaban J connectivity index is 2.71. The van der Waals surface area contributed by atoms with Gasteiger partial charge < -0.3 is 20.5 Å². The number of nitrogens with one attached hydrogen (secondary N) is 1. The highest BCUT2D eigenvalue weighted by molar-refractivity contribution is 5.82. The van der Waals surface area contributed by atoms with Gasteiger partial charge in [0.05, 0.1) is 19.6 Å². The fourth-order valence-electron chi connectivity index (χ4n) is 1.50. The van der Waals surface area contributed by atoms with Crippen LogP contribution in [0.2, 0.25) is 0 Å². The Morgan fingerprint density at radius 2 is 1.89 bits per heavy atom. The molecule has 0 unspecified atom stereocenters. The normalized spacial score (nSPS) is 11.0. The number of hydrogen-bond acceptors (Lipinski definition) is 4. The molecule has 1 rings (SSSR count). The topological polar surface area (TPSA) is 73.6 Å². The summed E-state index contributed by atoms with van der Waals surface area (Å²) in [7, 11) is 3.17. The number of hydrogen-bond donors (Lipinski definition) is 2. The Morgan fingerprint density at radius 3 is 2.42 bits per heavy atom. The first kappa shape index (κ1) is 15.3. The van der Waals surface area contributed by atoms with Gasteiger partial charge in [0.15, 0.2) is 11.5 Å². The Morgan fingerprint density at radius 1 is 1.26 bits per heavy atom. The summed E-state index contributed by atoms with van der Waals surface area (Å²) >= 11 is 0. The van der Waals surface area contributed by atoms with E-state index < -0.39 is 5.41 Å². The van der Waals surface area contributed by atoms with Crippen LogP contribution in [0, 0.1) is 5.41 Å². The summed E-state index contributed by atoms with van der Waals surface area (Å²) in [5, 5.41) is 2.86. The zero-order chi connectivity index (χ0) is 14.5. The maximum absolute atomic E-state index is 11.9. The van der Waals surface area contributed by atoms with Crippen molar-refractivity contribution in [2.45, 2.75) is 20.4 Å². The van der Waals surface area contributed by atoms with Crippen LogP contribution in [-0.2, 0) is 11.3 Å². The van der Waals surface area contributed by atoms with Crippen molar-refractivity contribution < 1.29 is 14.3 Å². The summed E-state index contributed by atoms with van der Waals surface area (Å²) in [6.07, 6.45) is 0. The average molecular weight is 266 g/mol. The zero-order valence-electron chi connectivity index (χ0n) is 11.9. The second-order valence-corrected chi connectivity index (χ2v) is 4.96. The summed E-state index contributed by atoms with van der Waals surface area (Å²) in [6, 6.07) is 5.54. The lowest BCUT2D eigenvalue weighted by atomic mass is 9.92. The molecule has 0 aliphatic heterocycles. The Hall–Kier alpha value is -1.75. The van der Waals surface area contributed by atoms with Gasteiger partial charge in [-0.25, -0.2) is 0 Å². The molecule has 0 aliphatic rings. The van der Waals surface area contributed by atoms with Gasteiger partial charge in [-0.05, 0) is 31.5 Å². The third kappa shape index (κ3) is 3.86. The molecule has 0 atom stereocenters. The first-order chi connectivity index (χ1) is 8.94. The van der Waals surface area contributed by atoms with E-state index in [0.717, 1.165) is 5.56 Å². The molecule has 1 aromatic carbocycles. The van der Waals surface area contributed by atoms with Crippen LogP contribution in [0.15, 0.2) is 18.2 Å². The molecular formula is C14H22N2O3. The smallest absolute Gasteiger partial charge is 0.227 e. The number of amides is 1. The third-order valence-corrected chi connectivity index (χ3v) is 3.03. The molecule has 5 nitrogen and oxygen atoms in total. The fourth-order valence-corrected chi connectivity index (χ4v) is 1.50. The van der Waals surface area contributed by atoms with Crippen molar-refractivity contribution in [1.29, 1.82) is 0 Å². The van der Waals surface area contributed by atoms with Crippen LogP contribution in [0.4, 0.5) is 0 Å². The quantitative estimate of drug-likeness (QED) is 0.814. The van der Waals surface area contributed by atoms with Crippen LogP contribution in [0.3, 0.4) is 0 Å². The lowest BCUT2D eigenvalue weighted by molar-refractivity contribution is -0.129. The van der Waals surface area contributed by atoms with E-state index in [-0.39, 0.29) is 5.91 Å². The van der Waals surface area contributed by atoms with E-state index in [4.69, 9.17) is 15.2 Å². The van der Waals surface area contributed by atoms with Gasteiger partial charge in [0.25, 0.3) is 0 Å². The standard InChI is InChI=1S/C14H22N2O3/c1-14(2,9-15)13(17)16-8-10-5-6-11(18-3)12(7-10)19-4/h5-7H,8-9,15H2,1-4H3,(H,16,17). The molecule has 106 valence electrons. The minimum atomic E-state index is -0.559. The maximum Gasteiger partial charge on any atom is 0.227 e. The molecule has 3 N–H and O–H groups in total. The number of rotatable bonds is 6. The molecule has 0 saturated heterocycles. The van der Waals surface area contributed by atoms with Crippen molar-refractivity contribution in [3.05, 3.63) is 23.8 Å². The van der Waals surface area contributed by atoms with E-state index in [0.29, 0.717) is 24.6 Å². The first-order valence-electron chi connectivity index (χ1n) is 6.14. The van der Waals surface area contributed by atoms with Crippen molar-refractivity contribution >= 4 is 5.91 Å². The zero-order valence-corrected chi connectivity index (χ0v) is 11.9. The highest BCUT2D eigenvalue weighted by Crippen LogP contribution is 2.27. The van der Waals surface area contributed by atoms with Gasteiger partial charge in [-0.3, -0.25) is 4.79 Å². The van der Waals surface area contributed by atoms with Crippen molar-refractivity contribution in [2.24, 2.45) is 11.1 Å². The fraction of sp³-hybridized carbons (Fsp3) is 0.500. The minimum Gasteiger partial charge on any atom is -0.493 e. The Labute approximate surface area is 114 Å². The summed E-state index contributed by atoms with van der Waals surface area (Å²) in [5.41, 5.74) is 5.95. The first-order valence-corrected chi connectivity index (χ1v) is 6.14. The number of carbonyl (C=O) groups excluding carboxylic acids is 1. The SMILES string of the molecule is COc1ccc(CNC(=O)C(C)(C)CN)cc1OC. The number of carbonyl (C=O) groups is 1. The number of methoxy groups -OCH3 is 2. The van der Waals surface area contributed by atoms with E-state index in [1.165, 1.54) is 0 Å². The Kier molecular flexibility index (Phi) is 5.18. The van der Waals surface area contributed by atoms with E-state index in [1.54, 1.807) is 14.2 Å². The summed E-state index contributed by atoms with van der Waals surface area (Å²) in [4.78, 5) is 11.9. The van der Waals surface area contributed by atoms with Crippen LogP contribution >= 0.6 is 0 Å². The molecular weight excluding hydrogens is 244 g/mol. The molecule has 0 aromatic heterocycles. The van der Waals surface area contributed by atoms with Crippen LogP contribution in [-0.4, -0.2) is 26.7 Å². The second-order valence-electron chi connectivity index (χ2n) is 4.96. The van der Waals surface area contributed by atoms with E-state index in [9.17, 15) is 4.79 Å². The number of nitrogens with two attached hydrogens (primary N) is 1. The molecule has 1 amide bonds. The summed E-state index contributed by atoms with van der Waals surface area (Å²) in [6.45, 7) is 4.38. The molecule has 5 heteroatoms. The van der Waals surface area contributed by atoms with E-state index >= 15 is 0 Å². The second kappa shape index (κ2) is 6.43. The highest BCUT2D eigenvalue weighted by Gasteiger charge is 2.25. The van der Waals surface area contributed by atoms with Gasteiger partial charge in [-0.1, -0.05) is 6.07 Å². The predicted molar refractivity (Wildman–Crippen MR) is 74.2 cm³/mol. The summed E-state index contributed by atoms with van der Waals surface area (Å²) in [5.74, 6) is 1.25. The number of benzene rings is 1. The van der Waals surface area contributed by atoms with Gasteiger partial charge >= 0.3 is 0 Å². The molecule has 0 saturated carbocycles. The number of ether oxygens (including phenoxy) is 2. The van der Waals surface area contributed by atoms with Gasteiger partial charge in [0.1, 0.15) is 0 Å². The predicted octanol–water partition coefficient (Wildman–Crippen LogP) is 1.30. The molecule has 0 fully saturated rings. The molecule has 0 radical (unpaired) electrons. The van der Waals surface area contributed by atoms with Gasteiger partial charge in [-0.15, -0.1) is 0 Å². The third-order valence-electron chi connectivity index (χ3n) is 3.03. The van der Waals surface area contributed by atoms with Crippen molar-refractivity contribution in [1.82, 2.24) is 5.32 Å². The van der Waals surface area contributed by atoms with Crippen LogP contribution in [0.1, 0.15) is 19.4 Å². The molecule has 19 heavy (non-hydrogen) atoms. The molecule has 0 heterocycles. The largest absolute Gasteiger partial charge is 0.493 e. The monoisotopic (exact) mass is 266 g/mol. The van der Waals surface area contributed by atoms with Crippen molar-refractivity contribution in [2.75, 3.05) is 20.8 Å². The molecule has 0 spiro atoms. The van der Waals surface area contributed by atoms with Gasteiger partial charge in [-0.2, -0.15) is 0 Å². The average Bonchev–Trinajstić information content (AvgIpc) is 2.44. The van der Waals surface area contributed by atoms with Crippen LogP contribution in [0.5, 0.6) is 11.5 Å². The maximum atomic E-state index is 11.9. The van der Waals surface area contributed by atoms with Gasteiger partial charge in [0, 0.05) is 13.1 Å². The van der Waals surface area contributed by atoms with Gasteiger partial charge in [0.2, 0.25) is 5.91 Å². The molecule has 0 aliphatic carbocycles. The van der Waals surface area contributed by atoms with Crippen molar-refractivity contribution in [3.63, 3.8) is 0 Å². The van der Waals surface area contributed by atoms with Crippen LogP contribution in [0.25, 0.3) is 0 Å². The minimum absolute atomic E-state index is 0.0650.